The molecular weight excluding hydrogens is 146 g/mol. The number of hydrogen-bond acceptors (Lipinski definition) is 2. The van der Waals surface area contributed by atoms with Crippen molar-refractivity contribution in [1.82, 2.24) is 5.32 Å². The third kappa shape index (κ3) is 8.97. The van der Waals surface area contributed by atoms with Gasteiger partial charge < -0.3 is 15.5 Å². The van der Waals surface area contributed by atoms with Crippen molar-refractivity contribution in [1.29, 1.82) is 0 Å². The topological polar surface area (TPSA) is 69.6 Å². The molecule has 0 rings (SSSR count). The highest BCUT2D eigenvalue weighted by molar-refractivity contribution is 5.64. The average Bonchev–Trinajstić information content (AvgIpc) is 1.85. The largest absolute Gasteiger partial charge is 0.465 e. The molecule has 0 aliphatic rings. The minimum atomic E-state index is -1.04. The second-order valence-electron chi connectivity index (χ2n) is 2.24. The number of aliphatic hydroxyl groups is 1. The van der Waals surface area contributed by atoms with Crippen LogP contribution in [0.1, 0.15) is 13.3 Å². The fourth-order valence-electron chi connectivity index (χ4n) is 0.523. The zero-order chi connectivity index (χ0) is 8.69. The highest BCUT2D eigenvalue weighted by atomic mass is 16.4. The normalized spacial score (nSPS) is 13.3. The van der Waals surface area contributed by atoms with E-state index in [2.05, 4.69) is 5.32 Å². The summed E-state index contributed by atoms with van der Waals surface area (Å²) in [6.07, 6.45) is 2.56. The molecule has 0 aromatic heterocycles. The monoisotopic (exact) mass is 159 g/mol. The lowest BCUT2D eigenvalue weighted by atomic mass is 10.3. The fourth-order valence-corrected chi connectivity index (χ4v) is 0.523. The maximum atomic E-state index is 9.90. The zero-order valence-corrected chi connectivity index (χ0v) is 6.45. The summed E-state index contributed by atoms with van der Waals surface area (Å²) in [7, 11) is 0. The van der Waals surface area contributed by atoms with Gasteiger partial charge in [-0.25, -0.2) is 4.79 Å². The third-order valence-corrected chi connectivity index (χ3v) is 1.01. The van der Waals surface area contributed by atoms with E-state index in [1.807, 2.05) is 0 Å². The molecule has 1 atom stereocenters. The van der Waals surface area contributed by atoms with Gasteiger partial charge in [0.05, 0.1) is 6.10 Å². The Kier molecular flexibility index (Phi) is 5.20. The Morgan fingerprint density at radius 1 is 1.64 bits per heavy atom. The van der Waals surface area contributed by atoms with Gasteiger partial charge in [0.25, 0.3) is 0 Å². The third-order valence-electron chi connectivity index (χ3n) is 1.01. The predicted molar refractivity (Wildman–Crippen MR) is 41.5 cm³/mol. The maximum Gasteiger partial charge on any atom is 0.404 e. The van der Waals surface area contributed by atoms with Crippen molar-refractivity contribution in [3.05, 3.63) is 12.2 Å². The van der Waals surface area contributed by atoms with Crippen LogP contribution in [0.5, 0.6) is 0 Å². The molecule has 0 bridgehead atoms. The van der Waals surface area contributed by atoms with E-state index >= 15 is 0 Å². The predicted octanol–water partition coefficient (Wildman–Crippen LogP) is 0.581. The van der Waals surface area contributed by atoms with Gasteiger partial charge in [-0.1, -0.05) is 12.2 Å². The molecule has 3 N–H and O–H groups in total. The van der Waals surface area contributed by atoms with E-state index in [0.29, 0.717) is 13.0 Å². The summed E-state index contributed by atoms with van der Waals surface area (Å²) in [6.45, 7) is 1.97. The van der Waals surface area contributed by atoms with E-state index in [1.54, 1.807) is 19.1 Å². The van der Waals surface area contributed by atoms with Crippen molar-refractivity contribution in [2.24, 2.45) is 0 Å². The number of aliphatic hydroxyl groups excluding tert-OH is 1. The molecule has 0 aromatic rings. The Hall–Kier alpha value is -1.03. The Balaban J connectivity index is 3.23. The van der Waals surface area contributed by atoms with Gasteiger partial charge in [0.15, 0.2) is 0 Å². The van der Waals surface area contributed by atoms with Crippen LogP contribution in [-0.2, 0) is 0 Å². The zero-order valence-electron chi connectivity index (χ0n) is 6.45. The minimum absolute atomic E-state index is 0.294. The van der Waals surface area contributed by atoms with E-state index in [4.69, 9.17) is 10.2 Å². The summed E-state index contributed by atoms with van der Waals surface area (Å²) in [5.41, 5.74) is 0. The van der Waals surface area contributed by atoms with Crippen molar-refractivity contribution in [3.63, 3.8) is 0 Å². The van der Waals surface area contributed by atoms with Gasteiger partial charge in [0.2, 0.25) is 0 Å². The number of nitrogens with one attached hydrogen (secondary N) is 1. The molecule has 0 heterocycles. The van der Waals surface area contributed by atoms with Gasteiger partial charge in [0.1, 0.15) is 0 Å². The smallest absolute Gasteiger partial charge is 0.404 e. The molecule has 4 heteroatoms. The first-order valence-corrected chi connectivity index (χ1v) is 3.42. The Morgan fingerprint density at radius 3 is 2.73 bits per heavy atom. The molecule has 0 aliphatic heterocycles. The molecule has 1 amide bonds. The lowest BCUT2D eigenvalue weighted by Gasteiger charge is -1.96. The molecule has 0 aliphatic carbocycles. The molecule has 0 radical (unpaired) electrons. The molecule has 0 unspecified atom stereocenters. The molecule has 64 valence electrons. The number of hydrogen-bond donors (Lipinski definition) is 3. The molecule has 4 nitrogen and oxygen atoms in total. The van der Waals surface area contributed by atoms with Gasteiger partial charge >= 0.3 is 6.09 Å². The Labute approximate surface area is 65.5 Å². The number of carboxylic acid groups (broad SMARTS) is 1. The van der Waals surface area contributed by atoms with E-state index < -0.39 is 6.09 Å². The fraction of sp³-hybridized carbons (Fsp3) is 0.571. The Bertz CT molecular complexity index is 143. The lowest BCUT2D eigenvalue weighted by molar-refractivity contribution is 0.195. The summed E-state index contributed by atoms with van der Waals surface area (Å²) in [4.78, 5) is 9.90. The van der Waals surface area contributed by atoms with Crippen LogP contribution in [0, 0.1) is 0 Å². The molecule has 0 saturated carbocycles. The van der Waals surface area contributed by atoms with Crippen LogP contribution in [0.4, 0.5) is 4.79 Å². The van der Waals surface area contributed by atoms with E-state index in [1.165, 1.54) is 0 Å². The summed E-state index contributed by atoms with van der Waals surface area (Å²) in [5.74, 6) is 0. The van der Waals surface area contributed by atoms with Crippen molar-refractivity contribution >= 4 is 6.09 Å². The summed E-state index contributed by atoms with van der Waals surface area (Å²) in [6, 6.07) is 0. The van der Waals surface area contributed by atoms with Crippen molar-refractivity contribution in [3.8, 4) is 0 Å². The second-order valence-corrected chi connectivity index (χ2v) is 2.24. The second kappa shape index (κ2) is 5.73. The average molecular weight is 159 g/mol. The van der Waals surface area contributed by atoms with Crippen LogP contribution in [-0.4, -0.2) is 29.0 Å². The molecule has 11 heavy (non-hydrogen) atoms. The van der Waals surface area contributed by atoms with Crippen molar-refractivity contribution in [2.45, 2.75) is 19.4 Å². The highest BCUT2D eigenvalue weighted by Crippen LogP contribution is 1.89. The quantitative estimate of drug-likeness (QED) is 0.525. The van der Waals surface area contributed by atoms with Crippen LogP contribution in [0.15, 0.2) is 12.2 Å². The summed E-state index contributed by atoms with van der Waals surface area (Å²) in [5, 5.41) is 19.1. The first kappa shape index (κ1) is 9.97. The van der Waals surface area contributed by atoms with Gasteiger partial charge in [0, 0.05) is 6.54 Å². The van der Waals surface area contributed by atoms with Crippen LogP contribution < -0.4 is 5.32 Å². The van der Waals surface area contributed by atoms with Crippen LogP contribution >= 0.6 is 0 Å². The Morgan fingerprint density at radius 2 is 2.27 bits per heavy atom. The van der Waals surface area contributed by atoms with E-state index in [9.17, 15) is 4.79 Å². The molecule has 0 fully saturated rings. The van der Waals surface area contributed by atoms with Crippen LogP contribution in [0.25, 0.3) is 0 Å². The summed E-state index contributed by atoms with van der Waals surface area (Å²) >= 11 is 0. The highest BCUT2D eigenvalue weighted by Gasteiger charge is 1.90. The molecular formula is C7H13NO3. The number of carbonyl (C=O) groups is 1. The van der Waals surface area contributed by atoms with Gasteiger partial charge in [-0.3, -0.25) is 0 Å². The van der Waals surface area contributed by atoms with Gasteiger partial charge in [-0.2, -0.15) is 0 Å². The van der Waals surface area contributed by atoms with Crippen LogP contribution in [0.2, 0.25) is 0 Å². The summed E-state index contributed by atoms with van der Waals surface area (Å²) < 4.78 is 0. The molecule has 0 saturated heterocycles. The van der Waals surface area contributed by atoms with Crippen molar-refractivity contribution in [2.75, 3.05) is 6.54 Å². The van der Waals surface area contributed by atoms with E-state index in [-0.39, 0.29) is 6.10 Å². The standard InChI is InChI=1S/C7H13NO3/c1-6(9)4-2-3-5-8-7(10)11/h2-3,6,8-9H,4-5H2,1H3,(H,10,11)/b3-2-/t6-/m1/s1. The lowest BCUT2D eigenvalue weighted by Crippen LogP contribution is -2.20. The maximum absolute atomic E-state index is 9.90. The van der Waals surface area contributed by atoms with Crippen LogP contribution in [0.3, 0.4) is 0 Å². The molecule has 0 aromatic carbocycles. The number of amides is 1. The number of rotatable bonds is 4. The van der Waals surface area contributed by atoms with Gasteiger partial charge in [-0.05, 0) is 13.3 Å². The van der Waals surface area contributed by atoms with Crippen molar-refractivity contribution < 1.29 is 15.0 Å². The molecule has 0 spiro atoms. The first-order chi connectivity index (χ1) is 5.13. The first-order valence-electron chi connectivity index (χ1n) is 3.42. The van der Waals surface area contributed by atoms with Gasteiger partial charge in [-0.15, -0.1) is 0 Å². The SMILES string of the molecule is C[C@@H](O)C/C=C\CNC(=O)O. The minimum Gasteiger partial charge on any atom is -0.465 e. The van der Waals surface area contributed by atoms with E-state index in [0.717, 1.165) is 0 Å².